The van der Waals surface area contributed by atoms with Crippen LogP contribution in [-0.2, 0) is 37.7 Å². The first-order valence-corrected chi connectivity index (χ1v) is 13.8. The van der Waals surface area contributed by atoms with Crippen LogP contribution < -0.4 is 22.0 Å². The zero-order chi connectivity index (χ0) is 32.1. The fourth-order valence-electron chi connectivity index (χ4n) is 3.74. The Morgan fingerprint density at radius 3 is 1.19 bits per heavy atom. The molecule has 12 heteroatoms. The first kappa shape index (κ1) is 35.0. The van der Waals surface area contributed by atoms with Gasteiger partial charge in [-0.3, -0.25) is 14.4 Å². The van der Waals surface area contributed by atoms with Crippen molar-refractivity contribution in [3.63, 3.8) is 0 Å². The second-order valence-corrected chi connectivity index (χ2v) is 12.2. The Morgan fingerprint density at radius 2 is 0.929 bits per heavy atom. The number of rotatable bonds is 3. The third-order valence-electron chi connectivity index (χ3n) is 7.51. The number of benzene rings is 2. The molecule has 2 aromatic carbocycles. The van der Waals surface area contributed by atoms with Crippen molar-refractivity contribution in [2.24, 2.45) is 0 Å². The van der Waals surface area contributed by atoms with E-state index < -0.39 is 11.9 Å². The van der Waals surface area contributed by atoms with Crippen LogP contribution in [0, 0.1) is 0 Å². The Balaban J connectivity index is 0.000000243. The van der Waals surface area contributed by atoms with Gasteiger partial charge in [-0.25, -0.2) is 0 Å². The van der Waals surface area contributed by atoms with E-state index in [0.717, 1.165) is 22.3 Å². The zero-order valence-corrected chi connectivity index (χ0v) is 26.6. The van der Waals surface area contributed by atoms with Gasteiger partial charge < -0.3 is 34.4 Å². The van der Waals surface area contributed by atoms with Gasteiger partial charge in [0.25, 0.3) is 0 Å². The van der Waals surface area contributed by atoms with Crippen molar-refractivity contribution in [3.05, 3.63) is 48.5 Å². The minimum Gasteiger partial charge on any atom is -0.399 e. The number of carbonyl (C=O) groups is 3. The van der Waals surface area contributed by atoms with Crippen molar-refractivity contribution in [1.82, 2.24) is 0 Å². The number of carbonyl (C=O) groups excluding carboxylic acids is 3. The molecular formula is C30H44B2N2O8. The summed E-state index contributed by atoms with van der Waals surface area (Å²) in [5, 5.41) is 2.73. The van der Waals surface area contributed by atoms with Gasteiger partial charge in [0.15, 0.2) is 0 Å². The van der Waals surface area contributed by atoms with Gasteiger partial charge in [0, 0.05) is 32.1 Å². The molecule has 2 heterocycles. The van der Waals surface area contributed by atoms with E-state index in [1.54, 1.807) is 0 Å². The molecule has 10 nitrogen and oxygen atoms in total. The lowest BCUT2D eigenvalue weighted by Gasteiger charge is -2.32. The summed E-state index contributed by atoms with van der Waals surface area (Å²) in [6, 6.07) is 15.1. The fourth-order valence-corrected chi connectivity index (χ4v) is 3.74. The third kappa shape index (κ3) is 9.42. The van der Waals surface area contributed by atoms with Crippen molar-refractivity contribution in [2.45, 2.75) is 98.6 Å². The summed E-state index contributed by atoms with van der Waals surface area (Å²) in [7, 11) is -0.665. The van der Waals surface area contributed by atoms with Crippen LogP contribution >= 0.6 is 0 Å². The van der Waals surface area contributed by atoms with Gasteiger partial charge in [-0.15, -0.1) is 0 Å². The number of nitrogens with one attached hydrogen (secondary N) is 1. The van der Waals surface area contributed by atoms with Gasteiger partial charge in [0.05, 0.1) is 22.4 Å². The van der Waals surface area contributed by atoms with Gasteiger partial charge in [0.2, 0.25) is 5.91 Å². The van der Waals surface area contributed by atoms with Crippen molar-refractivity contribution in [3.8, 4) is 0 Å². The molecule has 0 unspecified atom stereocenters. The minimum absolute atomic E-state index is 0.0802. The first-order valence-electron chi connectivity index (χ1n) is 13.8. The van der Waals surface area contributed by atoms with E-state index in [1.807, 2.05) is 104 Å². The van der Waals surface area contributed by atoms with Crippen molar-refractivity contribution < 1.29 is 37.7 Å². The maximum atomic E-state index is 11.0. The summed E-state index contributed by atoms with van der Waals surface area (Å²) in [6.07, 6.45) is 0. The molecule has 0 atom stereocenters. The van der Waals surface area contributed by atoms with Crippen LogP contribution in [0.5, 0.6) is 0 Å². The number of hydrogen-bond acceptors (Lipinski definition) is 9. The average molecular weight is 582 g/mol. The molecule has 2 aromatic rings. The van der Waals surface area contributed by atoms with E-state index in [2.05, 4.69) is 10.1 Å². The van der Waals surface area contributed by atoms with E-state index in [0.29, 0.717) is 0 Å². The molecule has 1 amide bonds. The van der Waals surface area contributed by atoms with Gasteiger partial charge in [-0.2, -0.15) is 0 Å². The number of amides is 1. The van der Waals surface area contributed by atoms with Gasteiger partial charge in [-0.1, -0.05) is 24.3 Å². The van der Waals surface area contributed by atoms with E-state index in [1.165, 1.54) is 20.8 Å². The Morgan fingerprint density at radius 1 is 0.619 bits per heavy atom. The second kappa shape index (κ2) is 13.4. The van der Waals surface area contributed by atoms with Crippen LogP contribution in [-0.4, -0.2) is 54.5 Å². The molecule has 0 aromatic heterocycles. The quantitative estimate of drug-likeness (QED) is 0.241. The highest BCUT2D eigenvalue weighted by Gasteiger charge is 2.52. The Hall–Kier alpha value is -3.18. The monoisotopic (exact) mass is 582 g/mol. The van der Waals surface area contributed by atoms with Crippen LogP contribution in [0.3, 0.4) is 0 Å². The molecule has 2 aliphatic heterocycles. The summed E-state index contributed by atoms with van der Waals surface area (Å²) in [5.74, 6) is -1.21. The van der Waals surface area contributed by atoms with E-state index in [-0.39, 0.29) is 42.5 Å². The number of nitrogen functional groups attached to an aromatic ring is 1. The minimum atomic E-state index is -0.562. The van der Waals surface area contributed by atoms with Crippen molar-refractivity contribution >= 4 is 54.4 Å². The highest BCUT2D eigenvalue weighted by Crippen LogP contribution is 2.37. The van der Waals surface area contributed by atoms with Gasteiger partial charge in [-0.05, 0) is 90.6 Å². The number of ether oxygens (including phenoxy) is 1. The van der Waals surface area contributed by atoms with Crippen LogP contribution in [0.2, 0.25) is 0 Å². The number of nitrogens with two attached hydrogens (primary N) is 1. The number of anilines is 2. The predicted molar refractivity (Wildman–Crippen MR) is 165 cm³/mol. The third-order valence-corrected chi connectivity index (χ3v) is 7.51. The highest BCUT2D eigenvalue weighted by atomic mass is 16.7. The summed E-state index contributed by atoms with van der Waals surface area (Å²) in [5.41, 5.74) is 7.87. The van der Waals surface area contributed by atoms with Crippen LogP contribution in [0.15, 0.2) is 48.5 Å². The standard InChI is InChI=1S/C14H20BNO3.C12H18BNO2.C4H6O3/c1-10(17)16-12-8-6-11(7-9-12)15-18-13(2,3)14(4,5)19-15;1-11(2)12(3,4)16-13(15-11)9-5-7-10(14)8-6-9;1-3(5)7-4(2)6/h6-9H,1-5H3,(H,16,17);5-8H,14H2,1-4H3;1-2H3. The molecule has 0 spiro atoms. The zero-order valence-electron chi connectivity index (χ0n) is 26.6. The van der Waals surface area contributed by atoms with E-state index >= 15 is 0 Å². The molecule has 0 bridgehead atoms. The maximum Gasteiger partial charge on any atom is 0.494 e. The smallest absolute Gasteiger partial charge is 0.399 e. The molecule has 3 N–H and O–H groups in total. The Bertz CT molecular complexity index is 1200. The summed E-state index contributed by atoms with van der Waals surface area (Å²) < 4.78 is 27.7. The van der Waals surface area contributed by atoms with E-state index in [4.69, 9.17) is 24.4 Å². The SMILES string of the molecule is CC(=O)Nc1ccc(B2OC(C)(C)C(C)(C)O2)cc1.CC(=O)OC(C)=O.CC1(C)OB(c2ccc(N)cc2)OC1(C)C. The highest BCUT2D eigenvalue weighted by molar-refractivity contribution is 6.62. The molecule has 0 radical (unpaired) electrons. The van der Waals surface area contributed by atoms with E-state index in [9.17, 15) is 14.4 Å². The van der Waals surface area contributed by atoms with Gasteiger partial charge >= 0.3 is 26.2 Å². The predicted octanol–water partition coefficient (Wildman–Crippen LogP) is 3.61. The normalized spacial score (nSPS) is 19.0. The molecule has 2 aliphatic rings. The molecule has 4 rings (SSSR count). The lowest BCUT2D eigenvalue weighted by atomic mass is 9.79. The fraction of sp³-hybridized carbons (Fsp3) is 0.500. The molecule has 0 saturated carbocycles. The number of hydrogen-bond donors (Lipinski definition) is 2. The lowest BCUT2D eigenvalue weighted by Crippen LogP contribution is -2.41. The Kier molecular flexibility index (Phi) is 11.2. The summed E-state index contributed by atoms with van der Waals surface area (Å²) in [4.78, 5) is 30.6. The second-order valence-electron chi connectivity index (χ2n) is 12.2. The molecule has 42 heavy (non-hydrogen) atoms. The average Bonchev–Trinajstić information content (AvgIpc) is 3.19. The molecule has 2 fully saturated rings. The maximum absolute atomic E-state index is 11.0. The summed E-state index contributed by atoms with van der Waals surface area (Å²) >= 11 is 0. The van der Waals surface area contributed by atoms with Crippen molar-refractivity contribution in [2.75, 3.05) is 11.1 Å². The number of esters is 2. The molecular weight excluding hydrogens is 538 g/mol. The van der Waals surface area contributed by atoms with Crippen LogP contribution in [0.4, 0.5) is 11.4 Å². The molecule has 2 saturated heterocycles. The Labute approximate surface area is 250 Å². The largest absolute Gasteiger partial charge is 0.494 e. The van der Waals surface area contributed by atoms with Gasteiger partial charge in [0.1, 0.15) is 0 Å². The van der Waals surface area contributed by atoms with Crippen LogP contribution in [0.25, 0.3) is 0 Å². The lowest BCUT2D eigenvalue weighted by molar-refractivity contribution is -0.156. The van der Waals surface area contributed by atoms with Crippen LogP contribution in [0.1, 0.15) is 76.2 Å². The van der Waals surface area contributed by atoms with Crippen molar-refractivity contribution in [1.29, 1.82) is 0 Å². The molecule has 0 aliphatic carbocycles. The topological polar surface area (TPSA) is 135 Å². The summed E-state index contributed by atoms with van der Waals surface area (Å²) in [6.45, 7) is 20.1. The molecule has 228 valence electrons. The first-order chi connectivity index (χ1) is 19.2.